The van der Waals surface area contributed by atoms with E-state index in [0.29, 0.717) is 23.2 Å². The van der Waals surface area contributed by atoms with Gasteiger partial charge < -0.3 is 9.88 Å². The van der Waals surface area contributed by atoms with Crippen LogP contribution in [0.2, 0.25) is 0 Å². The summed E-state index contributed by atoms with van der Waals surface area (Å²) in [5.41, 5.74) is 0.963. The van der Waals surface area contributed by atoms with Crippen molar-refractivity contribution in [3.8, 4) is 0 Å². The molecule has 0 aliphatic rings. The SMILES string of the molecule is CCNCc1cc(S(=O)(=O)NCCC(C)SC)cn1C. The molecule has 1 aromatic rings. The van der Waals surface area contributed by atoms with Gasteiger partial charge in [-0.1, -0.05) is 13.8 Å². The first-order valence-corrected chi connectivity index (χ1v) is 9.56. The van der Waals surface area contributed by atoms with E-state index in [1.54, 1.807) is 24.0 Å². The molecule has 7 heteroatoms. The Morgan fingerprint density at radius 2 is 2.15 bits per heavy atom. The molecular weight excluding hydrogens is 294 g/mol. The van der Waals surface area contributed by atoms with E-state index in [0.717, 1.165) is 18.7 Å². The lowest BCUT2D eigenvalue weighted by atomic mass is 10.3. The Morgan fingerprint density at radius 1 is 1.45 bits per heavy atom. The summed E-state index contributed by atoms with van der Waals surface area (Å²) in [6.07, 6.45) is 4.52. The lowest BCUT2D eigenvalue weighted by Crippen LogP contribution is -2.26. The van der Waals surface area contributed by atoms with Crippen LogP contribution in [0.5, 0.6) is 0 Å². The minimum Gasteiger partial charge on any atom is -0.352 e. The van der Waals surface area contributed by atoms with Crippen molar-refractivity contribution in [2.24, 2.45) is 7.05 Å². The highest BCUT2D eigenvalue weighted by Crippen LogP contribution is 2.14. The Balaban J connectivity index is 2.67. The van der Waals surface area contributed by atoms with Crippen molar-refractivity contribution in [1.82, 2.24) is 14.6 Å². The van der Waals surface area contributed by atoms with Crippen LogP contribution in [0.15, 0.2) is 17.2 Å². The van der Waals surface area contributed by atoms with Gasteiger partial charge in [0.05, 0.1) is 4.90 Å². The van der Waals surface area contributed by atoms with Gasteiger partial charge in [0.15, 0.2) is 0 Å². The number of nitrogens with one attached hydrogen (secondary N) is 2. The topological polar surface area (TPSA) is 63.1 Å². The second-order valence-electron chi connectivity index (χ2n) is 4.79. The van der Waals surface area contributed by atoms with Crippen LogP contribution in [0.1, 0.15) is 26.0 Å². The zero-order valence-corrected chi connectivity index (χ0v) is 14.3. The first kappa shape index (κ1) is 17.6. The standard InChI is InChI=1S/C13H25N3O2S2/c1-5-14-9-12-8-13(10-16(12)3)20(17,18)15-7-6-11(2)19-4/h8,10-11,14-15H,5-7,9H2,1-4H3. The third kappa shape index (κ3) is 5.12. The summed E-state index contributed by atoms with van der Waals surface area (Å²) in [7, 11) is -1.54. The van der Waals surface area contributed by atoms with Gasteiger partial charge in [-0.2, -0.15) is 11.8 Å². The number of thioether (sulfide) groups is 1. The molecule has 0 saturated heterocycles. The molecule has 0 spiro atoms. The Labute approximate surface area is 126 Å². The molecule has 0 radical (unpaired) electrons. The van der Waals surface area contributed by atoms with Crippen molar-refractivity contribution >= 4 is 21.8 Å². The van der Waals surface area contributed by atoms with E-state index >= 15 is 0 Å². The Bertz CT molecular complexity index is 512. The van der Waals surface area contributed by atoms with E-state index in [2.05, 4.69) is 17.0 Å². The number of aromatic nitrogens is 1. The minimum atomic E-state index is -3.40. The lowest BCUT2D eigenvalue weighted by Gasteiger charge is -2.08. The summed E-state index contributed by atoms with van der Waals surface area (Å²) in [4.78, 5) is 0.338. The Kier molecular flexibility index (Phi) is 7.08. The van der Waals surface area contributed by atoms with Crippen LogP contribution >= 0.6 is 11.8 Å². The molecule has 1 aromatic heterocycles. The fraction of sp³-hybridized carbons (Fsp3) is 0.692. The van der Waals surface area contributed by atoms with E-state index < -0.39 is 10.0 Å². The van der Waals surface area contributed by atoms with Crippen LogP contribution in [0.4, 0.5) is 0 Å². The quantitative estimate of drug-likeness (QED) is 0.725. The Hall–Kier alpha value is -0.500. The number of rotatable bonds is 9. The predicted octanol–water partition coefficient (Wildman–Crippen LogP) is 1.55. The molecule has 20 heavy (non-hydrogen) atoms. The van der Waals surface area contributed by atoms with Crippen LogP contribution in [-0.2, 0) is 23.6 Å². The Morgan fingerprint density at radius 3 is 2.75 bits per heavy atom. The van der Waals surface area contributed by atoms with E-state index in [-0.39, 0.29) is 0 Å². The summed E-state index contributed by atoms with van der Waals surface area (Å²) in [5, 5.41) is 3.65. The third-order valence-electron chi connectivity index (χ3n) is 3.19. The summed E-state index contributed by atoms with van der Waals surface area (Å²) >= 11 is 1.74. The van der Waals surface area contributed by atoms with Crippen molar-refractivity contribution in [2.75, 3.05) is 19.3 Å². The molecule has 116 valence electrons. The molecule has 0 aliphatic heterocycles. The lowest BCUT2D eigenvalue weighted by molar-refractivity contribution is 0.579. The van der Waals surface area contributed by atoms with Crippen molar-refractivity contribution < 1.29 is 8.42 Å². The maximum absolute atomic E-state index is 12.2. The smallest absolute Gasteiger partial charge is 0.242 e. The normalized spacial score (nSPS) is 13.6. The van der Waals surface area contributed by atoms with Crippen molar-refractivity contribution in [3.05, 3.63) is 18.0 Å². The zero-order valence-electron chi connectivity index (χ0n) is 12.6. The molecule has 5 nitrogen and oxygen atoms in total. The zero-order chi connectivity index (χ0) is 15.2. The molecular formula is C13H25N3O2S2. The monoisotopic (exact) mass is 319 g/mol. The molecule has 0 saturated carbocycles. The first-order valence-electron chi connectivity index (χ1n) is 6.79. The molecule has 1 heterocycles. The van der Waals surface area contributed by atoms with Gasteiger partial charge in [-0.3, -0.25) is 0 Å². The molecule has 0 aromatic carbocycles. The maximum atomic E-state index is 12.2. The van der Waals surface area contributed by atoms with Crippen LogP contribution in [0.3, 0.4) is 0 Å². The number of sulfonamides is 1. The molecule has 0 aliphatic carbocycles. The largest absolute Gasteiger partial charge is 0.352 e. The van der Waals surface area contributed by atoms with Gasteiger partial charge in [0.1, 0.15) is 0 Å². The highest BCUT2D eigenvalue weighted by Gasteiger charge is 2.17. The summed E-state index contributed by atoms with van der Waals surface area (Å²) in [5.74, 6) is 0. The number of hydrogen-bond donors (Lipinski definition) is 2. The van der Waals surface area contributed by atoms with Crippen molar-refractivity contribution in [1.29, 1.82) is 0 Å². The molecule has 0 fully saturated rings. The van der Waals surface area contributed by atoms with Gasteiger partial charge in [0.2, 0.25) is 10.0 Å². The summed E-state index contributed by atoms with van der Waals surface area (Å²) in [6.45, 7) is 6.12. The van der Waals surface area contributed by atoms with E-state index in [1.165, 1.54) is 0 Å². The second kappa shape index (κ2) is 8.07. The highest BCUT2D eigenvalue weighted by atomic mass is 32.2. The van der Waals surface area contributed by atoms with Crippen LogP contribution in [0, 0.1) is 0 Å². The molecule has 1 atom stereocenters. The van der Waals surface area contributed by atoms with Crippen molar-refractivity contribution in [3.63, 3.8) is 0 Å². The van der Waals surface area contributed by atoms with E-state index in [9.17, 15) is 8.42 Å². The average Bonchev–Trinajstić information content (AvgIpc) is 2.78. The maximum Gasteiger partial charge on any atom is 0.242 e. The number of hydrogen-bond acceptors (Lipinski definition) is 4. The van der Waals surface area contributed by atoms with Gasteiger partial charge in [0.25, 0.3) is 0 Å². The van der Waals surface area contributed by atoms with Crippen LogP contribution in [-0.4, -0.2) is 37.6 Å². The predicted molar refractivity (Wildman–Crippen MR) is 85.6 cm³/mol. The first-order chi connectivity index (χ1) is 9.40. The van der Waals surface area contributed by atoms with Crippen LogP contribution < -0.4 is 10.0 Å². The second-order valence-corrected chi connectivity index (χ2v) is 7.83. The molecule has 2 N–H and O–H groups in total. The van der Waals surface area contributed by atoms with Gasteiger partial charge in [0, 0.05) is 37.3 Å². The number of aryl methyl sites for hydroxylation is 1. The molecule has 0 amide bonds. The van der Waals surface area contributed by atoms with Gasteiger partial charge >= 0.3 is 0 Å². The highest BCUT2D eigenvalue weighted by molar-refractivity contribution is 7.99. The fourth-order valence-corrected chi connectivity index (χ4v) is 3.25. The average molecular weight is 319 g/mol. The van der Waals surface area contributed by atoms with Gasteiger partial charge in [-0.15, -0.1) is 0 Å². The van der Waals surface area contributed by atoms with E-state index in [4.69, 9.17) is 0 Å². The van der Waals surface area contributed by atoms with Gasteiger partial charge in [-0.25, -0.2) is 13.1 Å². The van der Waals surface area contributed by atoms with Crippen LogP contribution in [0.25, 0.3) is 0 Å². The minimum absolute atomic E-state index is 0.338. The molecule has 1 unspecified atom stereocenters. The fourth-order valence-electron chi connectivity index (χ4n) is 1.75. The van der Waals surface area contributed by atoms with Gasteiger partial charge in [-0.05, 0) is 25.3 Å². The summed E-state index contributed by atoms with van der Waals surface area (Å²) < 4.78 is 28.9. The molecule has 0 bridgehead atoms. The van der Waals surface area contributed by atoms with E-state index in [1.807, 2.05) is 24.8 Å². The third-order valence-corrected chi connectivity index (χ3v) is 5.66. The molecule has 1 rings (SSSR count). The summed E-state index contributed by atoms with van der Waals surface area (Å²) in [6, 6.07) is 1.73. The number of nitrogens with zero attached hydrogens (tertiary/aromatic N) is 1. The van der Waals surface area contributed by atoms with Crippen molar-refractivity contribution in [2.45, 2.75) is 37.0 Å².